The summed E-state index contributed by atoms with van der Waals surface area (Å²) in [6.07, 6.45) is 5.06. The molecule has 24 heavy (non-hydrogen) atoms. The quantitative estimate of drug-likeness (QED) is 0.775. The molecule has 0 radical (unpaired) electrons. The topological polar surface area (TPSA) is 66.3 Å². The van der Waals surface area contributed by atoms with Crippen molar-refractivity contribution in [1.29, 1.82) is 0 Å². The van der Waals surface area contributed by atoms with E-state index in [0.29, 0.717) is 11.6 Å². The van der Waals surface area contributed by atoms with Crippen LogP contribution in [0.25, 0.3) is 16.5 Å². The number of likely N-dealkylation sites (tertiary alicyclic amines) is 1. The molecule has 0 saturated carbocycles. The fraction of sp³-hybridized carbons (Fsp3) is 0.438. The van der Waals surface area contributed by atoms with Crippen molar-refractivity contribution in [3.8, 4) is 10.7 Å². The van der Waals surface area contributed by atoms with Crippen molar-refractivity contribution in [2.45, 2.75) is 32.2 Å². The largest absolute Gasteiger partial charge is 0.298 e. The van der Waals surface area contributed by atoms with Crippen LogP contribution in [-0.4, -0.2) is 37.6 Å². The van der Waals surface area contributed by atoms with Crippen LogP contribution in [0.4, 0.5) is 0 Å². The molecule has 1 aliphatic rings. The molecule has 1 fully saturated rings. The second-order valence-electron chi connectivity index (χ2n) is 5.96. The van der Waals surface area contributed by atoms with Crippen molar-refractivity contribution in [3.63, 3.8) is 0 Å². The highest BCUT2D eigenvalue weighted by Gasteiger charge is 2.14. The predicted octanol–water partition coefficient (Wildman–Crippen LogP) is 2.94. The third kappa shape index (κ3) is 3.53. The Kier molecular flexibility index (Phi) is 5.33. The smallest absolute Gasteiger partial charge is 0.274 e. The lowest BCUT2D eigenvalue weighted by atomic mass is 10.2. The Morgan fingerprint density at radius 3 is 2.67 bits per heavy atom. The summed E-state index contributed by atoms with van der Waals surface area (Å²) in [4.78, 5) is 24.8. The molecular weight excluding hydrogens is 346 g/mol. The lowest BCUT2D eigenvalue weighted by Crippen LogP contribution is -2.26. The summed E-state index contributed by atoms with van der Waals surface area (Å²) < 4.78 is 1.42. The minimum Gasteiger partial charge on any atom is -0.298 e. The average Bonchev–Trinajstić information content (AvgIpc) is 3.13. The van der Waals surface area contributed by atoms with E-state index in [-0.39, 0.29) is 18.0 Å². The molecule has 8 heteroatoms. The van der Waals surface area contributed by atoms with Gasteiger partial charge in [0.2, 0.25) is 0 Å². The normalized spacial score (nSPS) is 16.0. The minimum absolute atomic E-state index is 0. The highest BCUT2D eigenvalue weighted by molar-refractivity contribution is 7.13. The number of nitrogens with one attached hydrogen (secondary N) is 1. The molecule has 4 heterocycles. The van der Waals surface area contributed by atoms with Crippen molar-refractivity contribution in [1.82, 2.24) is 24.5 Å². The highest BCUT2D eigenvalue weighted by Crippen LogP contribution is 2.21. The Balaban J connectivity index is 0.00000169. The standard InChI is InChI=1S/C16H19N5OS.ClH/c22-14-10-12(11-20-7-3-1-2-4-8-20)17-16-18-15(19-21(14)16)13-6-5-9-23-13;/h5-6,9-10H,1-4,7-8,11H2,(H,17,18,19);1H. The number of hydrogen-bond acceptors (Lipinski definition) is 5. The molecule has 1 aliphatic heterocycles. The Bertz CT molecular complexity index is 849. The lowest BCUT2D eigenvalue weighted by molar-refractivity contribution is 0.273. The minimum atomic E-state index is -0.102. The molecule has 0 spiro atoms. The number of rotatable bonds is 3. The molecule has 6 nitrogen and oxygen atoms in total. The monoisotopic (exact) mass is 365 g/mol. The van der Waals surface area contributed by atoms with Gasteiger partial charge in [-0.15, -0.1) is 23.7 Å². The van der Waals surface area contributed by atoms with Crippen LogP contribution in [0.1, 0.15) is 31.4 Å². The molecule has 0 unspecified atom stereocenters. The van der Waals surface area contributed by atoms with Crippen molar-refractivity contribution < 1.29 is 0 Å². The zero-order valence-electron chi connectivity index (χ0n) is 13.3. The van der Waals surface area contributed by atoms with E-state index in [2.05, 4.69) is 20.0 Å². The second kappa shape index (κ2) is 7.46. The van der Waals surface area contributed by atoms with Crippen LogP contribution in [0.5, 0.6) is 0 Å². The van der Waals surface area contributed by atoms with Gasteiger partial charge in [0.25, 0.3) is 11.3 Å². The van der Waals surface area contributed by atoms with E-state index in [4.69, 9.17) is 0 Å². The maximum Gasteiger partial charge on any atom is 0.274 e. The SMILES string of the molecule is Cl.O=c1cc(CN2CCCCCC2)nc2nc(-c3cccs3)[nH]n12. The Labute approximate surface area is 149 Å². The van der Waals surface area contributed by atoms with Gasteiger partial charge in [-0.05, 0) is 37.4 Å². The van der Waals surface area contributed by atoms with E-state index in [0.717, 1.165) is 30.2 Å². The van der Waals surface area contributed by atoms with E-state index in [1.165, 1.54) is 30.2 Å². The van der Waals surface area contributed by atoms with Crippen molar-refractivity contribution in [2.24, 2.45) is 0 Å². The van der Waals surface area contributed by atoms with Crippen LogP contribution in [0, 0.1) is 0 Å². The molecule has 4 rings (SSSR count). The molecule has 3 aromatic rings. The average molecular weight is 366 g/mol. The van der Waals surface area contributed by atoms with Crippen LogP contribution in [0.15, 0.2) is 28.4 Å². The summed E-state index contributed by atoms with van der Waals surface area (Å²) in [5.74, 6) is 1.14. The van der Waals surface area contributed by atoms with Gasteiger partial charge in [-0.1, -0.05) is 18.9 Å². The van der Waals surface area contributed by atoms with Crippen molar-refractivity contribution in [3.05, 3.63) is 39.6 Å². The summed E-state index contributed by atoms with van der Waals surface area (Å²) in [5.41, 5.74) is 0.705. The first kappa shape index (κ1) is 17.1. The first-order valence-electron chi connectivity index (χ1n) is 8.04. The molecule has 0 atom stereocenters. The molecule has 1 N–H and O–H groups in total. The number of nitrogens with zero attached hydrogens (tertiary/aromatic N) is 4. The van der Waals surface area contributed by atoms with Crippen LogP contribution in [0.2, 0.25) is 0 Å². The first-order valence-corrected chi connectivity index (χ1v) is 8.92. The van der Waals surface area contributed by atoms with E-state index in [1.807, 2.05) is 17.5 Å². The summed E-state index contributed by atoms with van der Waals surface area (Å²) >= 11 is 1.59. The molecule has 1 saturated heterocycles. The van der Waals surface area contributed by atoms with Gasteiger partial charge in [-0.3, -0.25) is 14.8 Å². The van der Waals surface area contributed by atoms with Gasteiger partial charge < -0.3 is 0 Å². The fourth-order valence-corrected chi connectivity index (χ4v) is 3.72. The van der Waals surface area contributed by atoms with E-state index < -0.39 is 0 Å². The fourth-order valence-electron chi connectivity index (χ4n) is 3.06. The maximum atomic E-state index is 12.3. The molecule has 128 valence electrons. The van der Waals surface area contributed by atoms with Gasteiger partial charge in [-0.2, -0.15) is 9.50 Å². The van der Waals surface area contributed by atoms with Crippen LogP contribution < -0.4 is 5.56 Å². The number of fused-ring (bicyclic) bond motifs is 1. The third-order valence-electron chi connectivity index (χ3n) is 4.22. The Morgan fingerprint density at radius 1 is 1.17 bits per heavy atom. The second-order valence-corrected chi connectivity index (χ2v) is 6.91. The number of thiophene rings is 1. The van der Waals surface area contributed by atoms with Gasteiger partial charge in [0.1, 0.15) is 0 Å². The van der Waals surface area contributed by atoms with Gasteiger partial charge in [0.15, 0.2) is 5.82 Å². The Morgan fingerprint density at radius 2 is 1.96 bits per heavy atom. The first-order chi connectivity index (χ1) is 11.3. The van der Waals surface area contributed by atoms with Gasteiger partial charge >= 0.3 is 0 Å². The number of aromatic amines is 1. The zero-order valence-corrected chi connectivity index (χ0v) is 14.9. The van der Waals surface area contributed by atoms with Crippen LogP contribution in [0.3, 0.4) is 0 Å². The molecular formula is C16H20ClN5OS. The highest BCUT2D eigenvalue weighted by atomic mass is 35.5. The number of hydrogen-bond donors (Lipinski definition) is 1. The summed E-state index contributed by atoms with van der Waals surface area (Å²) in [7, 11) is 0. The molecule has 3 aromatic heterocycles. The van der Waals surface area contributed by atoms with Gasteiger partial charge in [0.05, 0.1) is 10.6 Å². The molecule has 0 amide bonds. The van der Waals surface area contributed by atoms with Crippen molar-refractivity contribution in [2.75, 3.05) is 13.1 Å². The van der Waals surface area contributed by atoms with Gasteiger partial charge in [0, 0.05) is 12.6 Å². The lowest BCUT2D eigenvalue weighted by Gasteiger charge is -2.18. The molecule has 0 aromatic carbocycles. The number of halogens is 1. The van der Waals surface area contributed by atoms with Crippen molar-refractivity contribution >= 4 is 29.5 Å². The predicted molar refractivity (Wildman–Crippen MR) is 97.9 cm³/mol. The van der Waals surface area contributed by atoms with Gasteiger partial charge in [-0.25, -0.2) is 4.98 Å². The maximum absolute atomic E-state index is 12.3. The summed E-state index contributed by atoms with van der Waals surface area (Å²) in [5, 5.41) is 5.02. The van der Waals surface area contributed by atoms with E-state index in [9.17, 15) is 4.79 Å². The third-order valence-corrected chi connectivity index (χ3v) is 5.10. The summed E-state index contributed by atoms with van der Waals surface area (Å²) in [6.45, 7) is 2.90. The Hall–Kier alpha value is -1.70. The zero-order chi connectivity index (χ0) is 15.6. The van der Waals surface area contributed by atoms with E-state index >= 15 is 0 Å². The van der Waals surface area contributed by atoms with Crippen LogP contribution >= 0.6 is 23.7 Å². The number of H-pyrrole nitrogens is 1. The molecule has 0 bridgehead atoms. The van der Waals surface area contributed by atoms with E-state index in [1.54, 1.807) is 17.4 Å². The summed E-state index contributed by atoms with van der Waals surface area (Å²) in [6, 6.07) is 5.56. The molecule has 0 aliphatic carbocycles. The van der Waals surface area contributed by atoms with Crippen LogP contribution in [-0.2, 0) is 6.54 Å². The number of aromatic nitrogens is 4.